The Morgan fingerprint density at radius 3 is 2.60 bits per heavy atom. The van der Waals surface area contributed by atoms with Crippen LogP contribution in [0.1, 0.15) is 17.5 Å². The highest BCUT2D eigenvalue weighted by molar-refractivity contribution is 7.93. The van der Waals surface area contributed by atoms with Crippen LogP contribution >= 0.6 is 0 Å². The number of ether oxygens (including phenoxy) is 1. The second kappa shape index (κ2) is 9.17. The summed E-state index contributed by atoms with van der Waals surface area (Å²) in [6, 6.07) is 12.5. The van der Waals surface area contributed by atoms with Crippen molar-refractivity contribution in [3.8, 4) is 5.75 Å². The quantitative estimate of drug-likeness (QED) is 0.679. The van der Waals surface area contributed by atoms with Crippen LogP contribution in [0.3, 0.4) is 0 Å². The van der Waals surface area contributed by atoms with Crippen molar-refractivity contribution in [2.45, 2.75) is 19.8 Å². The number of sulfonamides is 1. The molecular formula is C21H25N3O5S. The van der Waals surface area contributed by atoms with Gasteiger partial charge in [0.25, 0.3) is 0 Å². The predicted octanol–water partition coefficient (Wildman–Crippen LogP) is 1.84. The first-order chi connectivity index (χ1) is 14.3. The minimum Gasteiger partial charge on any atom is -0.496 e. The fourth-order valence-electron chi connectivity index (χ4n) is 3.31. The van der Waals surface area contributed by atoms with Gasteiger partial charge in [0.05, 0.1) is 18.6 Å². The Morgan fingerprint density at radius 1 is 1.13 bits per heavy atom. The number of hydrogen-bond donors (Lipinski definition) is 2. The minimum atomic E-state index is -3.33. The molecule has 9 heteroatoms. The second-order valence-electron chi connectivity index (χ2n) is 7.01. The Bertz CT molecular complexity index is 1050. The van der Waals surface area contributed by atoms with Crippen LogP contribution in [0.2, 0.25) is 0 Å². The number of hydrogen-bond acceptors (Lipinski definition) is 5. The number of amides is 2. The molecule has 0 saturated carbocycles. The van der Waals surface area contributed by atoms with Gasteiger partial charge in [0.1, 0.15) is 5.75 Å². The summed E-state index contributed by atoms with van der Waals surface area (Å²) >= 11 is 0. The number of benzene rings is 2. The molecule has 1 aliphatic rings. The first kappa shape index (κ1) is 21.6. The van der Waals surface area contributed by atoms with Crippen LogP contribution < -0.4 is 19.7 Å². The largest absolute Gasteiger partial charge is 0.496 e. The molecule has 160 valence electrons. The molecule has 2 aromatic carbocycles. The molecule has 8 nitrogen and oxygen atoms in total. The predicted molar refractivity (Wildman–Crippen MR) is 115 cm³/mol. The SMILES string of the molecule is COc1ccccc1CCNC(=O)C(=O)Nc1cc(N2CCCS2(=O)=O)ccc1C. The van der Waals surface area contributed by atoms with E-state index in [4.69, 9.17) is 4.74 Å². The number of methoxy groups -OCH3 is 1. The lowest BCUT2D eigenvalue weighted by Crippen LogP contribution is -2.36. The van der Waals surface area contributed by atoms with E-state index < -0.39 is 21.8 Å². The van der Waals surface area contributed by atoms with Gasteiger partial charge in [-0.3, -0.25) is 13.9 Å². The molecule has 30 heavy (non-hydrogen) atoms. The van der Waals surface area contributed by atoms with Crippen molar-refractivity contribution >= 4 is 33.2 Å². The fraction of sp³-hybridized carbons (Fsp3) is 0.333. The first-order valence-electron chi connectivity index (χ1n) is 9.64. The summed E-state index contributed by atoms with van der Waals surface area (Å²) in [4.78, 5) is 24.5. The molecule has 0 aromatic heterocycles. The van der Waals surface area contributed by atoms with Gasteiger partial charge in [-0.1, -0.05) is 24.3 Å². The Hall–Kier alpha value is -3.07. The summed E-state index contributed by atoms with van der Waals surface area (Å²) in [5.74, 6) is -0.736. The molecule has 0 radical (unpaired) electrons. The Labute approximate surface area is 176 Å². The van der Waals surface area contributed by atoms with Crippen molar-refractivity contribution in [1.82, 2.24) is 5.32 Å². The second-order valence-corrected chi connectivity index (χ2v) is 9.03. The van der Waals surface area contributed by atoms with Gasteiger partial charge in [0.15, 0.2) is 0 Å². The third-order valence-electron chi connectivity index (χ3n) is 4.94. The molecule has 1 saturated heterocycles. The molecule has 0 aliphatic carbocycles. The lowest BCUT2D eigenvalue weighted by atomic mass is 10.1. The molecule has 1 fully saturated rings. The average molecular weight is 432 g/mol. The maximum Gasteiger partial charge on any atom is 0.313 e. The number of nitrogens with one attached hydrogen (secondary N) is 2. The van der Waals surface area contributed by atoms with Gasteiger partial charge >= 0.3 is 11.8 Å². The molecule has 2 aromatic rings. The van der Waals surface area contributed by atoms with E-state index in [1.54, 1.807) is 32.2 Å². The molecule has 1 heterocycles. The Balaban J connectivity index is 1.61. The van der Waals surface area contributed by atoms with E-state index in [9.17, 15) is 18.0 Å². The highest BCUT2D eigenvalue weighted by atomic mass is 32.2. The van der Waals surface area contributed by atoms with E-state index in [2.05, 4.69) is 10.6 Å². The van der Waals surface area contributed by atoms with Crippen LogP contribution in [-0.2, 0) is 26.0 Å². The van der Waals surface area contributed by atoms with Crippen LogP contribution in [0, 0.1) is 6.92 Å². The van der Waals surface area contributed by atoms with Crippen molar-refractivity contribution in [3.05, 3.63) is 53.6 Å². The maximum absolute atomic E-state index is 12.3. The van der Waals surface area contributed by atoms with Crippen LogP contribution in [-0.4, -0.2) is 46.2 Å². The number of nitrogens with zero attached hydrogens (tertiary/aromatic N) is 1. The standard InChI is InChI=1S/C21H25N3O5S/c1-15-8-9-17(24-12-5-13-30(24,27)28)14-18(15)23-21(26)20(25)22-11-10-16-6-3-4-7-19(16)29-2/h3-4,6-9,14H,5,10-13H2,1-2H3,(H,22,25)(H,23,26). The van der Waals surface area contributed by atoms with Gasteiger partial charge < -0.3 is 15.4 Å². The number of carbonyl (C=O) groups excluding carboxylic acids is 2. The average Bonchev–Trinajstić information content (AvgIpc) is 3.08. The molecule has 2 amide bonds. The van der Waals surface area contributed by atoms with E-state index in [1.165, 1.54) is 4.31 Å². The van der Waals surface area contributed by atoms with Crippen molar-refractivity contribution in [3.63, 3.8) is 0 Å². The van der Waals surface area contributed by atoms with Gasteiger partial charge in [-0.25, -0.2) is 8.42 Å². The Kier molecular flexibility index (Phi) is 6.61. The third kappa shape index (κ3) is 4.91. The van der Waals surface area contributed by atoms with E-state index >= 15 is 0 Å². The zero-order valence-electron chi connectivity index (χ0n) is 17.0. The zero-order chi connectivity index (χ0) is 21.7. The normalized spacial score (nSPS) is 14.9. The third-order valence-corrected chi connectivity index (χ3v) is 6.80. The van der Waals surface area contributed by atoms with E-state index in [0.29, 0.717) is 30.8 Å². The number of para-hydroxylation sites is 1. The lowest BCUT2D eigenvalue weighted by molar-refractivity contribution is -0.136. The van der Waals surface area contributed by atoms with E-state index in [0.717, 1.165) is 16.9 Å². The lowest BCUT2D eigenvalue weighted by Gasteiger charge is -2.19. The van der Waals surface area contributed by atoms with Crippen molar-refractivity contribution in [1.29, 1.82) is 0 Å². The minimum absolute atomic E-state index is 0.108. The monoisotopic (exact) mass is 431 g/mol. The summed E-state index contributed by atoms with van der Waals surface area (Å²) in [7, 11) is -1.75. The Morgan fingerprint density at radius 2 is 1.90 bits per heavy atom. The van der Waals surface area contributed by atoms with Crippen LogP contribution in [0.15, 0.2) is 42.5 Å². The molecule has 0 unspecified atom stereocenters. The maximum atomic E-state index is 12.3. The number of anilines is 2. The van der Waals surface area contributed by atoms with Crippen molar-refractivity contribution < 1.29 is 22.7 Å². The fourth-order valence-corrected chi connectivity index (χ4v) is 4.87. The summed E-state index contributed by atoms with van der Waals surface area (Å²) in [5.41, 5.74) is 2.53. The number of aryl methyl sites for hydroxylation is 1. The van der Waals surface area contributed by atoms with Crippen LogP contribution in [0.4, 0.5) is 11.4 Å². The topological polar surface area (TPSA) is 105 Å². The summed E-state index contributed by atoms with van der Waals surface area (Å²) in [6.07, 6.45) is 1.08. The number of rotatable bonds is 6. The van der Waals surface area contributed by atoms with Gasteiger partial charge in [-0.2, -0.15) is 0 Å². The van der Waals surface area contributed by atoms with Crippen LogP contribution in [0.5, 0.6) is 5.75 Å². The highest BCUT2D eigenvalue weighted by Gasteiger charge is 2.28. The van der Waals surface area contributed by atoms with Gasteiger partial charge in [0.2, 0.25) is 10.0 Å². The smallest absolute Gasteiger partial charge is 0.313 e. The summed E-state index contributed by atoms with van der Waals surface area (Å²) in [5, 5.41) is 5.17. The van der Waals surface area contributed by atoms with Gasteiger partial charge in [0, 0.05) is 18.8 Å². The molecule has 0 spiro atoms. The van der Waals surface area contributed by atoms with E-state index in [1.807, 2.05) is 24.3 Å². The highest BCUT2D eigenvalue weighted by Crippen LogP contribution is 2.28. The first-order valence-corrected chi connectivity index (χ1v) is 11.2. The van der Waals surface area contributed by atoms with Crippen molar-refractivity contribution in [2.75, 3.05) is 35.6 Å². The van der Waals surface area contributed by atoms with Crippen molar-refractivity contribution in [2.24, 2.45) is 0 Å². The van der Waals surface area contributed by atoms with E-state index in [-0.39, 0.29) is 12.3 Å². The molecule has 3 rings (SSSR count). The number of carbonyl (C=O) groups is 2. The molecular weight excluding hydrogens is 406 g/mol. The summed E-state index contributed by atoms with van der Waals surface area (Å²) < 4.78 is 30.9. The van der Waals surface area contributed by atoms with Gasteiger partial charge in [-0.15, -0.1) is 0 Å². The van der Waals surface area contributed by atoms with Gasteiger partial charge in [-0.05, 0) is 49.1 Å². The summed E-state index contributed by atoms with van der Waals surface area (Å²) in [6.45, 7) is 2.46. The zero-order valence-corrected chi connectivity index (χ0v) is 17.8. The molecule has 1 aliphatic heterocycles. The molecule has 0 atom stereocenters. The molecule has 2 N–H and O–H groups in total. The molecule has 0 bridgehead atoms. The van der Waals surface area contributed by atoms with Crippen LogP contribution in [0.25, 0.3) is 0 Å².